The number of hydrogen-bond acceptors (Lipinski definition) is 6. The minimum Gasteiger partial charge on any atom is -0.491 e. The SMILES string of the molecule is O=C(O)C(F)(F)OCCOCCOc1ccc(S(=O)(=O)c2ccccc2)cc1. The molecule has 0 aliphatic rings. The van der Waals surface area contributed by atoms with Crippen molar-refractivity contribution >= 4 is 15.8 Å². The van der Waals surface area contributed by atoms with Crippen LogP contribution >= 0.6 is 0 Å². The fraction of sp³-hybridized carbons (Fsp3) is 0.278. The zero-order chi connectivity index (χ0) is 20.6. The van der Waals surface area contributed by atoms with E-state index in [0.29, 0.717) is 5.75 Å². The number of aliphatic carboxylic acids is 1. The standard InChI is InChI=1S/C18H18F2O7S/c19-18(20,17(21)22)27-13-11-25-10-12-26-14-6-8-16(9-7-14)28(23,24)15-4-2-1-3-5-15/h1-9H,10-13H2,(H,21,22). The van der Waals surface area contributed by atoms with Crippen LogP contribution in [0.15, 0.2) is 64.4 Å². The molecule has 0 aliphatic carbocycles. The molecule has 1 N–H and O–H groups in total. The second kappa shape index (κ2) is 9.58. The number of carboxylic acids is 1. The maximum Gasteiger partial charge on any atom is 0.456 e. The van der Waals surface area contributed by atoms with Crippen LogP contribution in [0.4, 0.5) is 8.78 Å². The third kappa shape index (κ3) is 5.98. The van der Waals surface area contributed by atoms with Gasteiger partial charge in [0.05, 0.1) is 29.6 Å². The van der Waals surface area contributed by atoms with Crippen molar-refractivity contribution in [2.45, 2.75) is 15.9 Å². The summed E-state index contributed by atoms with van der Waals surface area (Å²) in [5.41, 5.74) is 0. The minimum absolute atomic E-state index is 0.0477. The summed E-state index contributed by atoms with van der Waals surface area (Å²) < 4.78 is 64.4. The number of benzene rings is 2. The van der Waals surface area contributed by atoms with E-state index in [9.17, 15) is 22.0 Å². The molecule has 0 atom stereocenters. The van der Waals surface area contributed by atoms with E-state index < -0.39 is 28.5 Å². The Morgan fingerprint density at radius 3 is 2.07 bits per heavy atom. The lowest BCUT2D eigenvalue weighted by Gasteiger charge is -2.12. The van der Waals surface area contributed by atoms with Gasteiger partial charge in [0.25, 0.3) is 0 Å². The van der Waals surface area contributed by atoms with E-state index in [4.69, 9.17) is 14.6 Å². The summed E-state index contributed by atoms with van der Waals surface area (Å²) in [6, 6.07) is 13.8. The Hall–Kier alpha value is -2.56. The molecule has 2 aromatic rings. The maximum absolute atomic E-state index is 12.6. The van der Waals surface area contributed by atoms with Crippen LogP contribution < -0.4 is 4.74 Å². The first-order chi connectivity index (χ1) is 13.2. The highest BCUT2D eigenvalue weighted by Gasteiger charge is 2.40. The third-order valence-corrected chi connectivity index (χ3v) is 5.23. The monoisotopic (exact) mass is 416 g/mol. The highest BCUT2D eigenvalue weighted by Crippen LogP contribution is 2.22. The summed E-state index contributed by atoms with van der Waals surface area (Å²) in [6.07, 6.45) is -4.25. The number of ether oxygens (including phenoxy) is 3. The molecule has 28 heavy (non-hydrogen) atoms. The molecule has 7 nitrogen and oxygen atoms in total. The summed E-state index contributed by atoms with van der Waals surface area (Å²) in [5, 5.41) is 8.17. The number of hydrogen-bond donors (Lipinski definition) is 1. The molecule has 0 heterocycles. The Labute approximate surface area is 160 Å². The van der Waals surface area contributed by atoms with E-state index in [2.05, 4.69) is 4.74 Å². The van der Waals surface area contributed by atoms with Crippen molar-refractivity contribution in [3.8, 4) is 5.75 Å². The maximum atomic E-state index is 12.6. The van der Waals surface area contributed by atoms with E-state index in [-0.39, 0.29) is 29.6 Å². The zero-order valence-electron chi connectivity index (χ0n) is 14.6. The first kappa shape index (κ1) is 21.7. The molecule has 0 saturated carbocycles. The van der Waals surface area contributed by atoms with Gasteiger partial charge in [-0.05, 0) is 36.4 Å². The highest BCUT2D eigenvalue weighted by molar-refractivity contribution is 7.91. The van der Waals surface area contributed by atoms with Crippen molar-refractivity contribution < 1.29 is 41.3 Å². The minimum atomic E-state index is -4.25. The van der Waals surface area contributed by atoms with Gasteiger partial charge in [0, 0.05) is 0 Å². The molecule has 0 fully saturated rings. The topological polar surface area (TPSA) is 99.1 Å². The van der Waals surface area contributed by atoms with Gasteiger partial charge in [0.1, 0.15) is 12.4 Å². The third-order valence-electron chi connectivity index (χ3n) is 3.44. The second-order valence-electron chi connectivity index (χ2n) is 5.42. The molecule has 152 valence electrons. The average Bonchev–Trinajstić information content (AvgIpc) is 2.68. The molecule has 0 aliphatic heterocycles. The van der Waals surface area contributed by atoms with Crippen molar-refractivity contribution in [1.82, 2.24) is 0 Å². The van der Waals surface area contributed by atoms with Gasteiger partial charge in [-0.15, -0.1) is 0 Å². The van der Waals surface area contributed by atoms with Crippen LogP contribution in [0.3, 0.4) is 0 Å². The van der Waals surface area contributed by atoms with Crippen LogP contribution in [0.25, 0.3) is 0 Å². The number of carboxylic acid groups (broad SMARTS) is 1. The summed E-state index contributed by atoms with van der Waals surface area (Å²) in [5.74, 6) is -1.96. The molecule has 10 heteroatoms. The molecule has 0 aromatic heterocycles. The lowest BCUT2D eigenvalue weighted by molar-refractivity contribution is -0.248. The summed E-state index contributed by atoms with van der Waals surface area (Å²) in [4.78, 5) is 10.4. The molecular weight excluding hydrogens is 398 g/mol. The van der Waals surface area contributed by atoms with Gasteiger partial charge < -0.3 is 19.3 Å². The smallest absolute Gasteiger partial charge is 0.456 e. The first-order valence-corrected chi connectivity index (χ1v) is 9.58. The molecule has 0 unspecified atom stereocenters. The number of sulfone groups is 1. The normalized spacial score (nSPS) is 11.9. The predicted octanol–water partition coefficient (Wildman–Crippen LogP) is 2.61. The highest BCUT2D eigenvalue weighted by atomic mass is 32.2. The Balaban J connectivity index is 1.74. The van der Waals surface area contributed by atoms with Gasteiger partial charge in [-0.3, -0.25) is 0 Å². The second-order valence-corrected chi connectivity index (χ2v) is 7.37. The van der Waals surface area contributed by atoms with Crippen LogP contribution in [0.1, 0.15) is 0 Å². The van der Waals surface area contributed by atoms with E-state index in [1.807, 2.05) is 0 Å². The lowest BCUT2D eigenvalue weighted by atomic mass is 10.3. The average molecular weight is 416 g/mol. The first-order valence-electron chi connectivity index (χ1n) is 8.09. The Morgan fingerprint density at radius 1 is 0.893 bits per heavy atom. The lowest BCUT2D eigenvalue weighted by Crippen LogP contribution is -2.32. The van der Waals surface area contributed by atoms with Crippen LogP contribution in [-0.4, -0.2) is 52.0 Å². The van der Waals surface area contributed by atoms with E-state index >= 15 is 0 Å². The van der Waals surface area contributed by atoms with E-state index in [1.54, 1.807) is 18.2 Å². The van der Waals surface area contributed by atoms with E-state index in [0.717, 1.165) is 0 Å². The van der Waals surface area contributed by atoms with Gasteiger partial charge in [-0.25, -0.2) is 13.2 Å². The van der Waals surface area contributed by atoms with Crippen molar-refractivity contribution in [1.29, 1.82) is 0 Å². The zero-order valence-corrected chi connectivity index (χ0v) is 15.4. The summed E-state index contributed by atoms with van der Waals surface area (Å²) >= 11 is 0. The van der Waals surface area contributed by atoms with Gasteiger partial charge in [-0.2, -0.15) is 8.78 Å². The fourth-order valence-corrected chi connectivity index (χ4v) is 3.34. The van der Waals surface area contributed by atoms with Gasteiger partial charge in [-0.1, -0.05) is 18.2 Å². The quantitative estimate of drug-likeness (QED) is 0.562. The predicted molar refractivity (Wildman–Crippen MR) is 93.2 cm³/mol. The van der Waals surface area contributed by atoms with Gasteiger partial charge >= 0.3 is 12.1 Å². The van der Waals surface area contributed by atoms with Crippen LogP contribution in [-0.2, 0) is 24.1 Å². The van der Waals surface area contributed by atoms with Gasteiger partial charge in [0.2, 0.25) is 9.84 Å². The molecule has 0 bridgehead atoms. The fourth-order valence-electron chi connectivity index (χ4n) is 2.06. The van der Waals surface area contributed by atoms with Crippen LogP contribution in [0.5, 0.6) is 5.75 Å². The van der Waals surface area contributed by atoms with Crippen LogP contribution in [0.2, 0.25) is 0 Å². The number of carbonyl (C=O) groups is 1. The molecule has 0 radical (unpaired) electrons. The number of halogens is 2. The molecule has 0 amide bonds. The van der Waals surface area contributed by atoms with Crippen molar-refractivity contribution in [2.75, 3.05) is 26.4 Å². The van der Waals surface area contributed by atoms with Crippen molar-refractivity contribution in [3.63, 3.8) is 0 Å². The van der Waals surface area contributed by atoms with Crippen LogP contribution in [0, 0.1) is 0 Å². The number of rotatable bonds is 11. The molecule has 2 aromatic carbocycles. The summed E-state index contributed by atoms with van der Waals surface area (Å²) in [6.45, 7) is -0.696. The summed E-state index contributed by atoms with van der Waals surface area (Å²) in [7, 11) is -3.61. The van der Waals surface area contributed by atoms with E-state index in [1.165, 1.54) is 36.4 Å². The van der Waals surface area contributed by atoms with Crippen molar-refractivity contribution in [2.24, 2.45) is 0 Å². The van der Waals surface area contributed by atoms with Crippen molar-refractivity contribution in [3.05, 3.63) is 54.6 Å². The molecule has 0 spiro atoms. The van der Waals surface area contributed by atoms with Gasteiger partial charge in [0.15, 0.2) is 0 Å². The molecule has 0 saturated heterocycles. The Bertz CT molecular complexity index is 869. The Morgan fingerprint density at radius 2 is 1.46 bits per heavy atom. The molecular formula is C18H18F2O7S. The number of alkyl halides is 2. The Kier molecular flexibility index (Phi) is 7.44. The largest absolute Gasteiger partial charge is 0.491 e. The molecule has 2 rings (SSSR count).